The zero-order chi connectivity index (χ0) is 24.7. The number of carbonyl (C=O) groups excluding carboxylic acids is 2. The van der Waals surface area contributed by atoms with Crippen LogP contribution in [-0.4, -0.2) is 28.3 Å². The Morgan fingerprint density at radius 3 is 2.24 bits per heavy atom. The van der Waals surface area contributed by atoms with Crippen molar-refractivity contribution in [3.05, 3.63) is 106 Å². The van der Waals surface area contributed by atoms with E-state index in [0.29, 0.717) is 17.0 Å². The van der Waals surface area contributed by atoms with E-state index in [-0.39, 0.29) is 24.8 Å². The second-order valence-corrected chi connectivity index (χ2v) is 9.80. The molecule has 0 spiro atoms. The summed E-state index contributed by atoms with van der Waals surface area (Å²) in [5.41, 5.74) is 1.52. The van der Waals surface area contributed by atoms with Crippen molar-refractivity contribution in [2.75, 3.05) is 0 Å². The van der Waals surface area contributed by atoms with Crippen LogP contribution in [0.4, 0.5) is 4.39 Å². The molecule has 1 atom stereocenters. The molecule has 0 saturated carbocycles. The summed E-state index contributed by atoms with van der Waals surface area (Å²) in [6.45, 7) is 5.86. The fraction of sp³-hybridized carbons (Fsp3) is 0.286. The van der Waals surface area contributed by atoms with Crippen LogP contribution in [0.2, 0.25) is 5.02 Å². The van der Waals surface area contributed by atoms with E-state index in [1.807, 2.05) is 57.2 Å². The van der Waals surface area contributed by atoms with Gasteiger partial charge in [-0.05, 0) is 55.7 Å². The lowest BCUT2D eigenvalue weighted by molar-refractivity contribution is -0.141. The van der Waals surface area contributed by atoms with Gasteiger partial charge in [0.1, 0.15) is 11.9 Å². The molecular weight excluding hydrogens is 451 g/mol. The Hall–Kier alpha value is -3.18. The third kappa shape index (κ3) is 7.42. The van der Waals surface area contributed by atoms with Gasteiger partial charge in [0.05, 0.1) is 6.42 Å². The molecule has 0 fully saturated rings. The molecule has 2 amide bonds. The molecule has 3 aromatic carbocycles. The summed E-state index contributed by atoms with van der Waals surface area (Å²) in [7, 11) is 0. The maximum atomic E-state index is 14.4. The van der Waals surface area contributed by atoms with Crippen molar-refractivity contribution in [3.8, 4) is 0 Å². The smallest absolute Gasteiger partial charge is 0.243 e. The number of hydrogen-bond donors (Lipinski definition) is 1. The molecule has 0 aliphatic carbocycles. The molecule has 3 aromatic rings. The SMILES string of the molecule is CC(C)(C)NC(=O)[C@H](Cc1ccccc1)N(Cc1cccc(Cl)c1)C(=O)Cc1ccccc1F. The lowest BCUT2D eigenvalue weighted by atomic mass is 9.99. The van der Waals surface area contributed by atoms with Crippen LogP contribution >= 0.6 is 11.6 Å². The average molecular weight is 481 g/mol. The number of amides is 2. The second kappa shape index (κ2) is 11.3. The highest BCUT2D eigenvalue weighted by Crippen LogP contribution is 2.20. The summed E-state index contributed by atoms with van der Waals surface area (Å²) >= 11 is 6.19. The van der Waals surface area contributed by atoms with E-state index < -0.39 is 17.4 Å². The second-order valence-electron chi connectivity index (χ2n) is 9.36. The zero-order valence-corrected chi connectivity index (χ0v) is 20.5. The molecule has 0 unspecified atom stereocenters. The quantitative estimate of drug-likeness (QED) is 0.457. The van der Waals surface area contributed by atoms with Gasteiger partial charge in [-0.2, -0.15) is 0 Å². The first-order valence-electron chi connectivity index (χ1n) is 11.3. The van der Waals surface area contributed by atoms with Gasteiger partial charge in [-0.3, -0.25) is 9.59 Å². The van der Waals surface area contributed by atoms with Gasteiger partial charge in [-0.1, -0.05) is 72.3 Å². The highest BCUT2D eigenvalue weighted by atomic mass is 35.5. The predicted molar refractivity (Wildman–Crippen MR) is 134 cm³/mol. The van der Waals surface area contributed by atoms with Gasteiger partial charge >= 0.3 is 0 Å². The highest BCUT2D eigenvalue weighted by molar-refractivity contribution is 6.30. The summed E-state index contributed by atoms with van der Waals surface area (Å²) in [5, 5.41) is 3.55. The van der Waals surface area contributed by atoms with Crippen LogP contribution in [0, 0.1) is 5.82 Å². The van der Waals surface area contributed by atoms with Crippen LogP contribution < -0.4 is 5.32 Å². The Balaban J connectivity index is 2.00. The minimum absolute atomic E-state index is 0.151. The number of hydrogen-bond acceptors (Lipinski definition) is 2. The molecule has 34 heavy (non-hydrogen) atoms. The molecule has 0 saturated heterocycles. The van der Waals surface area contributed by atoms with Gasteiger partial charge in [-0.15, -0.1) is 0 Å². The fourth-order valence-electron chi connectivity index (χ4n) is 3.75. The predicted octanol–water partition coefficient (Wildman–Crippen LogP) is 5.58. The largest absolute Gasteiger partial charge is 0.350 e. The summed E-state index contributed by atoms with van der Waals surface area (Å²) in [4.78, 5) is 28.6. The molecule has 4 nitrogen and oxygen atoms in total. The first-order valence-corrected chi connectivity index (χ1v) is 11.6. The minimum atomic E-state index is -0.792. The van der Waals surface area contributed by atoms with Gasteiger partial charge in [0.2, 0.25) is 11.8 Å². The summed E-state index contributed by atoms with van der Waals surface area (Å²) in [6.07, 6.45) is 0.174. The Kier molecular flexibility index (Phi) is 8.46. The van der Waals surface area contributed by atoms with E-state index in [2.05, 4.69) is 5.32 Å². The molecule has 0 bridgehead atoms. The molecule has 0 aliphatic heterocycles. The first kappa shape index (κ1) is 25.4. The molecule has 0 aliphatic rings. The highest BCUT2D eigenvalue weighted by Gasteiger charge is 2.32. The normalized spacial score (nSPS) is 12.1. The number of nitrogens with one attached hydrogen (secondary N) is 1. The number of benzene rings is 3. The van der Waals surface area contributed by atoms with Gasteiger partial charge in [0, 0.05) is 23.5 Å². The summed E-state index contributed by atoms with van der Waals surface area (Å²) in [6, 6.07) is 22.2. The molecule has 6 heteroatoms. The van der Waals surface area contributed by atoms with Crippen molar-refractivity contribution in [2.45, 2.75) is 51.7 Å². The van der Waals surface area contributed by atoms with Crippen molar-refractivity contribution in [1.82, 2.24) is 10.2 Å². The Labute approximate surface area is 205 Å². The number of rotatable bonds is 8. The number of carbonyl (C=O) groups is 2. The van der Waals surface area contributed by atoms with Crippen LogP contribution in [0.1, 0.15) is 37.5 Å². The van der Waals surface area contributed by atoms with E-state index in [1.165, 1.54) is 11.0 Å². The molecule has 0 radical (unpaired) electrons. The lowest BCUT2D eigenvalue weighted by Crippen LogP contribution is -2.54. The van der Waals surface area contributed by atoms with Crippen LogP contribution in [0.5, 0.6) is 0 Å². The average Bonchev–Trinajstić information content (AvgIpc) is 2.77. The van der Waals surface area contributed by atoms with Crippen molar-refractivity contribution in [3.63, 3.8) is 0 Å². The lowest BCUT2D eigenvalue weighted by Gasteiger charge is -2.34. The van der Waals surface area contributed by atoms with E-state index in [4.69, 9.17) is 11.6 Å². The topological polar surface area (TPSA) is 49.4 Å². The Morgan fingerprint density at radius 1 is 0.941 bits per heavy atom. The van der Waals surface area contributed by atoms with Crippen LogP contribution in [0.15, 0.2) is 78.9 Å². The van der Waals surface area contributed by atoms with Crippen molar-refractivity contribution in [2.24, 2.45) is 0 Å². The van der Waals surface area contributed by atoms with Crippen molar-refractivity contribution < 1.29 is 14.0 Å². The molecule has 178 valence electrons. The Bertz CT molecular complexity index is 1130. The zero-order valence-electron chi connectivity index (χ0n) is 19.7. The van der Waals surface area contributed by atoms with E-state index in [1.54, 1.807) is 36.4 Å². The monoisotopic (exact) mass is 480 g/mol. The standard InChI is InChI=1S/C28H30ClFN2O2/c1-28(2,3)31-27(34)25(17-20-10-5-4-6-11-20)32(19-21-12-9-14-23(29)16-21)26(33)18-22-13-7-8-15-24(22)30/h4-16,25H,17-19H2,1-3H3,(H,31,34)/t25-/m0/s1. The molecule has 1 N–H and O–H groups in total. The third-order valence-electron chi connectivity index (χ3n) is 5.31. The fourth-order valence-corrected chi connectivity index (χ4v) is 3.96. The van der Waals surface area contributed by atoms with E-state index in [0.717, 1.165) is 11.1 Å². The molecular formula is C28H30ClFN2O2. The summed E-state index contributed by atoms with van der Waals surface area (Å²) in [5.74, 6) is -1.05. The van der Waals surface area contributed by atoms with Gasteiger partial charge in [-0.25, -0.2) is 4.39 Å². The molecule has 3 rings (SSSR count). The van der Waals surface area contributed by atoms with Gasteiger partial charge in [0.15, 0.2) is 0 Å². The van der Waals surface area contributed by atoms with Crippen LogP contribution in [-0.2, 0) is 29.0 Å². The maximum absolute atomic E-state index is 14.4. The Morgan fingerprint density at radius 2 is 1.59 bits per heavy atom. The first-order chi connectivity index (χ1) is 16.1. The van der Waals surface area contributed by atoms with Gasteiger partial charge < -0.3 is 10.2 Å². The molecule has 0 aromatic heterocycles. The minimum Gasteiger partial charge on any atom is -0.350 e. The van der Waals surface area contributed by atoms with Crippen molar-refractivity contribution >= 4 is 23.4 Å². The summed E-state index contributed by atoms with van der Waals surface area (Å²) < 4.78 is 14.4. The van der Waals surface area contributed by atoms with Crippen LogP contribution in [0.25, 0.3) is 0 Å². The maximum Gasteiger partial charge on any atom is 0.243 e. The third-order valence-corrected chi connectivity index (χ3v) is 5.55. The van der Waals surface area contributed by atoms with Crippen molar-refractivity contribution in [1.29, 1.82) is 0 Å². The molecule has 0 heterocycles. The number of nitrogens with zero attached hydrogens (tertiary/aromatic N) is 1. The van der Waals surface area contributed by atoms with Gasteiger partial charge in [0.25, 0.3) is 0 Å². The number of halogens is 2. The van der Waals surface area contributed by atoms with E-state index in [9.17, 15) is 14.0 Å². The van der Waals surface area contributed by atoms with E-state index >= 15 is 0 Å². The van der Waals surface area contributed by atoms with Crippen LogP contribution in [0.3, 0.4) is 0 Å².